The predicted molar refractivity (Wildman–Crippen MR) is 110 cm³/mol. The maximum Gasteiger partial charge on any atom is 0.322 e. The second kappa shape index (κ2) is 8.84. The van der Waals surface area contributed by atoms with Crippen LogP contribution < -0.4 is 5.32 Å². The van der Waals surface area contributed by atoms with Crippen molar-refractivity contribution in [3.8, 4) is 11.6 Å². The highest BCUT2D eigenvalue weighted by Gasteiger charge is 2.23. The number of amides is 1. The van der Waals surface area contributed by atoms with Gasteiger partial charge in [-0.1, -0.05) is 17.3 Å². The molecule has 0 radical (unpaired) electrons. The first-order chi connectivity index (χ1) is 14.3. The minimum absolute atomic E-state index is 0.0537. The number of carbonyl (C=O) groups excluding carboxylic acids is 1. The van der Waals surface area contributed by atoms with Crippen LogP contribution in [0.5, 0.6) is 0 Å². The monoisotopic (exact) mass is 428 g/mol. The average Bonchev–Trinajstić information content (AvgIpc) is 3.36. The lowest BCUT2D eigenvalue weighted by Crippen LogP contribution is -2.31. The summed E-state index contributed by atoms with van der Waals surface area (Å²) in [5, 5.41) is 14.2. The van der Waals surface area contributed by atoms with E-state index in [-0.39, 0.29) is 35.5 Å². The van der Waals surface area contributed by atoms with E-state index in [0.29, 0.717) is 5.69 Å². The molecule has 10 nitrogen and oxygen atoms in total. The molecular weight excluding hydrogens is 408 g/mol. The number of rotatable bonds is 9. The van der Waals surface area contributed by atoms with E-state index in [9.17, 15) is 13.2 Å². The maximum atomic E-state index is 12.7. The molecule has 11 heteroatoms. The van der Waals surface area contributed by atoms with Crippen molar-refractivity contribution in [3.63, 3.8) is 0 Å². The summed E-state index contributed by atoms with van der Waals surface area (Å²) in [5.41, 5.74) is 0.703. The third kappa shape index (κ3) is 4.53. The third-order valence-corrected chi connectivity index (χ3v) is 5.84. The SMILES string of the molecule is C=CCN(CC=C)S(=O)(=O)c1ccc(C(=O)Nc2nnc(-c3ccn(C)n3)o2)cc1. The fourth-order valence-corrected chi connectivity index (χ4v) is 3.94. The summed E-state index contributed by atoms with van der Waals surface area (Å²) in [6, 6.07) is 7.12. The first-order valence-corrected chi connectivity index (χ1v) is 10.3. The van der Waals surface area contributed by atoms with Gasteiger partial charge in [-0.05, 0) is 30.3 Å². The van der Waals surface area contributed by atoms with E-state index in [2.05, 4.69) is 33.8 Å². The number of sulfonamides is 1. The Balaban J connectivity index is 1.73. The first kappa shape index (κ1) is 21.1. The second-order valence-corrected chi connectivity index (χ2v) is 8.10. The smallest absolute Gasteiger partial charge is 0.322 e. The van der Waals surface area contributed by atoms with Gasteiger partial charge < -0.3 is 4.42 Å². The van der Waals surface area contributed by atoms with Crippen molar-refractivity contribution >= 4 is 21.9 Å². The molecule has 0 aliphatic heterocycles. The van der Waals surface area contributed by atoms with Gasteiger partial charge in [-0.15, -0.1) is 18.3 Å². The molecule has 2 heterocycles. The summed E-state index contributed by atoms with van der Waals surface area (Å²) < 4.78 is 33.6. The van der Waals surface area contributed by atoms with Gasteiger partial charge in [-0.25, -0.2) is 8.42 Å². The molecule has 0 saturated carbocycles. The van der Waals surface area contributed by atoms with Gasteiger partial charge in [-0.3, -0.25) is 14.8 Å². The molecule has 0 saturated heterocycles. The van der Waals surface area contributed by atoms with Gasteiger partial charge in [0.25, 0.3) is 11.8 Å². The highest BCUT2D eigenvalue weighted by Crippen LogP contribution is 2.19. The molecule has 2 aromatic heterocycles. The number of aryl methyl sites for hydroxylation is 1. The van der Waals surface area contributed by atoms with Crippen LogP contribution in [-0.4, -0.2) is 51.7 Å². The number of benzene rings is 1. The van der Waals surface area contributed by atoms with Crippen LogP contribution in [0.25, 0.3) is 11.6 Å². The molecule has 0 unspecified atom stereocenters. The van der Waals surface area contributed by atoms with E-state index in [1.165, 1.54) is 40.7 Å². The summed E-state index contributed by atoms with van der Waals surface area (Å²) in [7, 11) is -1.99. The van der Waals surface area contributed by atoms with Crippen molar-refractivity contribution in [2.75, 3.05) is 18.4 Å². The lowest BCUT2D eigenvalue weighted by molar-refractivity contribution is 0.102. The van der Waals surface area contributed by atoms with Crippen LogP contribution >= 0.6 is 0 Å². The lowest BCUT2D eigenvalue weighted by Gasteiger charge is -2.19. The van der Waals surface area contributed by atoms with Crippen LogP contribution in [0.4, 0.5) is 6.01 Å². The number of aromatic nitrogens is 4. The molecule has 0 fully saturated rings. The molecule has 3 rings (SSSR count). The Morgan fingerprint density at radius 1 is 1.17 bits per heavy atom. The zero-order chi connectivity index (χ0) is 21.7. The zero-order valence-electron chi connectivity index (χ0n) is 16.2. The quantitative estimate of drug-likeness (QED) is 0.518. The van der Waals surface area contributed by atoms with Crippen molar-refractivity contribution in [1.29, 1.82) is 0 Å². The molecule has 156 valence electrons. The minimum Gasteiger partial charge on any atom is -0.401 e. The largest absolute Gasteiger partial charge is 0.401 e. The van der Waals surface area contributed by atoms with Crippen molar-refractivity contribution in [2.45, 2.75) is 4.90 Å². The lowest BCUT2D eigenvalue weighted by atomic mass is 10.2. The highest BCUT2D eigenvalue weighted by atomic mass is 32.2. The van der Waals surface area contributed by atoms with Crippen LogP contribution in [-0.2, 0) is 17.1 Å². The van der Waals surface area contributed by atoms with E-state index in [4.69, 9.17) is 4.42 Å². The number of hydrogen-bond donors (Lipinski definition) is 1. The van der Waals surface area contributed by atoms with Crippen molar-refractivity contribution in [1.82, 2.24) is 24.3 Å². The number of carbonyl (C=O) groups is 1. The van der Waals surface area contributed by atoms with E-state index in [1.54, 1.807) is 24.0 Å². The average molecular weight is 428 g/mol. The van der Waals surface area contributed by atoms with Crippen LogP contribution in [0.2, 0.25) is 0 Å². The predicted octanol–water partition coefficient (Wildman–Crippen LogP) is 2.09. The Morgan fingerprint density at radius 3 is 2.40 bits per heavy atom. The molecule has 0 aliphatic rings. The minimum atomic E-state index is -3.74. The number of nitrogens with zero attached hydrogens (tertiary/aromatic N) is 5. The molecule has 0 bridgehead atoms. The molecule has 1 aromatic carbocycles. The topological polar surface area (TPSA) is 123 Å². The molecule has 1 N–H and O–H groups in total. The molecule has 1 amide bonds. The Hall–Kier alpha value is -3.57. The molecule has 0 atom stereocenters. The highest BCUT2D eigenvalue weighted by molar-refractivity contribution is 7.89. The van der Waals surface area contributed by atoms with Gasteiger partial charge in [0.2, 0.25) is 10.0 Å². The zero-order valence-corrected chi connectivity index (χ0v) is 17.0. The van der Waals surface area contributed by atoms with Crippen molar-refractivity contribution < 1.29 is 17.6 Å². The van der Waals surface area contributed by atoms with Gasteiger partial charge in [0.15, 0.2) is 0 Å². The summed E-state index contributed by atoms with van der Waals surface area (Å²) in [5.74, 6) is -0.360. The summed E-state index contributed by atoms with van der Waals surface area (Å²) >= 11 is 0. The van der Waals surface area contributed by atoms with Gasteiger partial charge in [-0.2, -0.15) is 9.40 Å². The standard InChI is InChI=1S/C19H20N6O4S/c1-4-11-25(12-5-2)30(27,28)15-8-6-14(7-9-15)17(26)20-19-22-21-18(29-19)16-10-13-24(3)23-16/h4-10,13H,1-2,11-12H2,3H3,(H,20,22,26). The van der Waals surface area contributed by atoms with Crippen molar-refractivity contribution in [2.24, 2.45) is 7.05 Å². The van der Waals surface area contributed by atoms with E-state index in [0.717, 1.165) is 0 Å². The van der Waals surface area contributed by atoms with Gasteiger partial charge in [0, 0.05) is 31.9 Å². The van der Waals surface area contributed by atoms with Crippen LogP contribution in [0.3, 0.4) is 0 Å². The van der Waals surface area contributed by atoms with Crippen LogP contribution in [0.15, 0.2) is 71.2 Å². The Labute approximate surface area is 173 Å². The Bertz CT molecular complexity index is 1150. The first-order valence-electron chi connectivity index (χ1n) is 8.82. The fraction of sp³-hybridized carbons (Fsp3) is 0.158. The fourth-order valence-electron chi connectivity index (χ4n) is 2.56. The molecule has 3 aromatic rings. The summed E-state index contributed by atoms with van der Waals surface area (Å²) in [4.78, 5) is 12.5. The molecule has 0 aliphatic carbocycles. The van der Waals surface area contributed by atoms with Crippen molar-refractivity contribution in [3.05, 3.63) is 67.4 Å². The van der Waals surface area contributed by atoms with E-state index >= 15 is 0 Å². The number of anilines is 1. The Morgan fingerprint density at radius 2 is 1.83 bits per heavy atom. The van der Waals surface area contributed by atoms with Gasteiger partial charge in [0.05, 0.1) is 4.90 Å². The maximum absolute atomic E-state index is 12.7. The molecular formula is C19H20N6O4S. The number of hydrogen-bond acceptors (Lipinski definition) is 7. The van der Waals surface area contributed by atoms with Gasteiger partial charge >= 0.3 is 6.01 Å². The van der Waals surface area contributed by atoms with Crippen LogP contribution in [0, 0.1) is 0 Å². The third-order valence-electron chi connectivity index (χ3n) is 4.00. The summed E-state index contributed by atoms with van der Waals surface area (Å²) in [6.45, 7) is 7.43. The molecule has 30 heavy (non-hydrogen) atoms. The van der Waals surface area contributed by atoms with Crippen LogP contribution in [0.1, 0.15) is 10.4 Å². The van der Waals surface area contributed by atoms with Gasteiger partial charge in [0.1, 0.15) is 5.69 Å². The van der Waals surface area contributed by atoms with E-state index < -0.39 is 15.9 Å². The number of nitrogens with one attached hydrogen (secondary N) is 1. The summed E-state index contributed by atoms with van der Waals surface area (Å²) in [6.07, 6.45) is 4.71. The second-order valence-electron chi connectivity index (χ2n) is 6.16. The molecule has 0 spiro atoms. The Kier molecular flexibility index (Phi) is 6.23. The van der Waals surface area contributed by atoms with E-state index in [1.807, 2.05) is 0 Å². The normalized spacial score (nSPS) is 11.4.